The van der Waals surface area contributed by atoms with Crippen LogP contribution in [0.2, 0.25) is 0 Å². The van der Waals surface area contributed by atoms with Gasteiger partial charge in [0.15, 0.2) is 0 Å². The van der Waals surface area contributed by atoms with Crippen molar-refractivity contribution in [2.24, 2.45) is 5.73 Å². The van der Waals surface area contributed by atoms with E-state index in [9.17, 15) is 4.79 Å². The number of nitrogens with zero attached hydrogens (tertiary/aromatic N) is 1. The standard InChI is InChI=1S/C16H20N2OS/c1-12(14-10-7-11-20-14)18(3)15(19)16(2,17)13-8-5-4-6-9-13/h4-12H,17H2,1-3H3. The van der Waals surface area contributed by atoms with Crippen LogP contribution in [0.1, 0.15) is 30.3 Å². The smallest absolute Gasteiger partial charge is 0.247 e. The average molecular weight is 288 g/mol. The molecule has 0 bridgehead atoms. The summed E-state index contributed by atoms with van der Waals surface area (Å²) in [7, 11) is 1.81. The first kappa shape index (κ1) is 14.8. The summed E-state index contributed by atoms with van der Waals surface area (Å²) < 4.78 is 0. The van der Waals surface area contributed by atoms with Crippen molar-refractivity contribution >= 4 is 17.2 Å². The largest absolute Gasteiger partial charge is 0.336 e. The first-order valence-electron chi connectivity index (χ1n) is 6.59. The molecule has 0 aliphatic carbocycles. The molecule has 0 spiro atoms. The highest BCUT2D eigenvalue weighted by Gasteiger charge is 2.35. The third-order valence-electron chi connectivity index (χ3n) is 3.67. The molecule has 0 aliphatic heterocycles. The Morgan fingerprint density at radius 3 is 2.45 bits per heavy atom. The van der Waals surface area contributed by atoms with Gasteiger partial charge in [-0.3, -0.25) is 4.79 Å². The molecule has 2 N–H and O–H groups in total. The minimum absolute atomic E-state index is 0.0223. The van der Waals surface area contributed by atoms with E-state index >= 15 is 0 Å². The van der Waals surface area contributed by atoms with E-state index in [1.807, 2.05) is 54.8 Å². The molecule has 0 radical (unpaired) electrons. The van der Waals surface area contributed by atoms with E-state index in [4.69, 9.17) is 5.73 Å². The van der Waals surface area contributed by atoms with Crippen molar-refractivity contribution in [1.82, 2.24) is 4.90 Å². The average Bonchev–Trinajstić information content (AvgIpc) is 3.00. The number of amides is 1. The molecule has 0 saturated heterocycles. The lowest BCUT2D eigenvalue weighted by molar-refractivity contribution is -0.137. The van der Waals surface area contributed by atoms with E-state index in [0.29, 0.717) is 0 Å². The molecule has 2 aromatic rings. The molecule has 0 saturated carbocycles. The van der Waals surface area contributed by atoms with Gasteiger partial charge in [0, 0.05) is 11.9 Å². The molecule has 4 heteroatoms. The maximum atomic E-state index is 12.7. The van der Waals surface area contributed by atoms with Gasteiger partial charge in [0.2, 0.25) is 5.91 Å². The fourth-order valence-electron chi connectivity index (χ4n) is 2.17. The van der Waals surface area contributed by atoms with Gasteiger partial charge in [-0.25, -0.2) is 0 Å². The topological polar surface area (TPSA) is 46.3 Å². The molecule has 2 atom stereocenters. The van der Waals surface area contributed by atoms with Crippen LogP contribution in [0.4, 0.5) is 0 Å². The molecule has 3 nitrogen and oxygen atoms in total. The molecular weight excluding hydrogens is 268 g/mol. The Kier molecular flexibility index (Phi) is 4.26. The van der Waals surface area contributed by atoms with Crippen molar-refractivity contribution in [2.75, 3.05) is 7.05 Å². The first-order chi connectivity index (χ1) is 9.44. The predicted molar refractivity (Wildman–Crippen MR) is 83.5 cm³/mol. The number of rotatable bonds is 4. The first-order valence-corrected chi connectivity index (χ1v) is 7.47. The second-order valence-electron chi connectivity index (χ2n) is 5.18. The Hall–Kier alpha value is -1.65. The Bertz CT molecular complexity index is 563. The van der Waals surface area contributed by atoms with Gasteiger partial charge in [-0.2, -0.15) is 0 Å². The molecule has 2 unspecified atom stereocenters. The van der Waals surface area contributed by atoms with E-state index in [-0.39, 0.29) is 11.9 Å². The highest BCUT2D eigenvalue weighted by atomic mass is 32.1. The number of carbonyl (C=O) groups is 1. The Labute approximate surface area is 124 Å². The maximum absolute atomic E-state index is 12.7. The van der Waals surface area contributed by atoms with E-state index in [1.54, 1.807) is 30.2 Å². The number of likely N-dealkylation sites (N-methyl/N-ethyl adjacent to an activating group) is 1. The zero-order valence-corrected chi connectivity index (χ0v) is 12.9. The molecule has 0 aliphatic rings. The zero-order chi connectivity index (χ0) is 14.8. The fourth-order valence-corrected chi connectivity index (χ4v) is 3.00. The van der Waals surface area contributed by atoms with E-state index in [1.165, 1.54) is 0 Å². The monoisotopic (exact) mass is 288 g/mol. The number of carbonyl (C=O) groups excluding carboxylic acids is 1. The van der Waals surface area contributed by atoms with Crippen LogP contribution in [0, 0.1) is 0 Å². The van der Waals surface area contributed by atoms with Crippen LogP contribution in [0.3, 0.4) is 0 Å². The molecular formula is C16H20N2OS. The minimum Gasteiger partial charge on any atom is -0.336 e. The SMILES string of the molecule is CC(c1cccs1)N(C)C(=O)C(C)(N)c1ccccc1. The number of thiophene rings is 1. The lowest BCUT2D eigenvalue weighted by atomic mass is 9.91. The summed E-state index contributed by atoms with van der Waals surface area (Å²) >= 11 is 1.65. The maximum Gasteiger partial charge on any atom is 0.247 e. The van der Waals surface area contributed by atoms with Crippen LogP contribution >= 0.6 is 11.3 Å². The van der Waals surface area contributed by atoms with Crippen molar-refractivity contribution in [1.29, 1.82) is 0 Å². The van der Waals surface area contributed by atoms with E-state index < -0.39 is 5.54 Å². The van der Waals surface area contributed by atoms with Gasteiger partial charge >= 0.3 is 0 Å². The number of hydrogen-bond acceptors (Lipinski definition) is 3. The second kappa shape index (κ2) is 5.77. The zero-order valence-electron chi connectivity index (χ0n) is 12.0. The van der Waals surface area contributed by atoms with Gasteiger partial charge in [-0.15, -0.1) is 11.3 Å². The quantitative estimate of drug-likeness (QED) is 0.939. The van der Waals surface area contributed by atoms with Crippen molar-refractivity contribution in [3.8, 4) is 0 Å². The molecule has 1 aromatic carbocycles. The van der Waals surface area contributed by atoms with Gasteiger partial charge < -0.3 is 10.6 Å². The highest BCUT2D eigenvalue weighted by molar-refractivity contribution is 7.10. The number of benzene rings is 1. The summed E-state index contributed by atoms with van der Waals surface area (Å²) in [6.45, 7) is 3.78. The molecule has 0 fully saturated rings. The molecule has 1 aromatic heterocycles. The third-order valence-corrected chi connectivity index (χ3v) is 4.72. The normalized spacial score (nSPS) is 15.4. The van der Waals surface area contributed by atoms with Crippen molar-refractivity contribution < 1.29 is 4.79 Å². The summed E-state index contributed by atoms with van der Waals surface area (Å²) in [5.41, 5.74) is 6.10. The van der Waals surface area contributed by atoms with Gasteiger partial charge in [0.25, 0.3) is 0 Å². The van der Waals surface area contributed by atoms with E-state index in [0.717, 1.165) is 10.4 Å². The van der Waals surface area contributed by atoms with Crippen LogP contribution in [0.25, 0.3) is 0 Å². The fraction of sp³-hybridized carbons (Fsp3) is 0.312. The van der Waals surface area contributed by atoms with Crippen LogP contribution < -0.4 is 5.73 Å². The van der Waals surface area contributed by atoms with Gasteiger partial charge in [-0.1, -0.05) is 36.4 Å². The molecule has 1 heterocycles. The predicted octanol–water partition coefficient (Wildman–Crippen LogP) is 3.14. The summed E-state index contributed by atoms with van der Waals surface area (Å²) in [6, 6.07) is 13.6. The number of hydrogen-bond donors (Lipinski definition) is 1. The molecule has 106 valence electrons. The van der Waals surface area contributed by atoms with Crippen LogP contribution in [-0.2, 0) is 10.3 Å². The Morgan fingerprint density at radius 2 is 1.90 bits per heavy atom. The molecule has 2 rings (SSSR count). The molecule has 20 heavy (non-hydrogen) atoms. The van der Waals surface area contributed by atoms with Crippen LogP contribution in [-0.4, -0.2) is 17.9 Å². The minimum atomic E-state index is -1.01. The van der Waals surface area contributed by atoms with Crippen molar-refractivity contribution in [3.63, 3.8) is 0 Å². The summed E-state index contributed by atoms with van der Waals surface area (Å²) in [4.78, 5) is 15.6. The van der Waals surface area contributed by atoms with E-state index in [2.05, 4.69) is 0 Å². The van der Waals surface area contributed by atoms with Crippen molar-refractivity contribution in [3.05, 3.63) is 58.3 Å². The summed E-state index contributed by atoms with van der Waals surface area (Å²) in [6.07, 6.45) is 0. The van der Waals surface area contributed by atoms with Crippen molar-refractivity contribution in [2.45, 2.75) is 25.4 Å². The Morgan fingerprint density at radius 1 is 1.25 bits per heavy atom. The Balaban J connectivity index is 2.22. The summed E-state index contributed by atoms with van der Waals surface area (Å²) in [5, 5.41) is 2.02. The highest BCUT2D eigenvalue weighted by Crippen LogP contribution is 2.28. The van der Waals surface area contributed by atoms with Crippen LogP contribution in [0.15, 0.2) is 47.8 Å². The van der Waals surface area contributed by atoms with Crippen LogP contribution in [0.5, 0.6) is 0 Å². The van der Waals surface area contributed by atoms with Gasteiger partial charge in [0.1, 0.15) is 5.54 Å². The third kappa shape index (κ3) is 2.76. The summed E-state index contributed by atoms with van der Waals surface area (Å²) in [5.74, 6) is -0.0791. The second-order valence-corrected chi connectivity index (χ2v) is 6.16. The van der Waals surface area contributed by atoms with Gasteiger partial charge in [-0.05, 0) is 30.9 Å². The number of nitrogens with two attached hydrogens (primary N) is 1. The lowest BCUT2D eigenvalue weighted by Gasteiger charge is -2.33. The lowest BCUT2D eigenvalue weighted by Crippen LogP contribution is -2.50. The molecule has 1 amide bonds. The van der Waals surface area contributed by atoms with Gasteiger partial charge in [0.05, 0.1) is 6.04 Å².